The molecule has 0 fully saturated rings. The number of hydrogen-bond donors (Lipinski definition) is 2. The van der Waals surface area contributed by atoms with Crippen LogP contribution in [0.15, 0.2) is 59.1 Å². The van der Waals surface area contributed by atoms with Gasteiger partial charge in [-0.25, -0.2) is 4.39 Å². The molecule has 6 heteroatoms. The number of carbonyl (C=O) groups excluding carboxylic acids is 1. The zero-order chi connectivity index (χ0) is 16.2. The minimum atomic E-state index is -0.469. The van der Waals surface area contributed by atoms with Crippen molar-refractivity contribution >= 4 is 5.91 Å². The van der Waals surface area contributed by atoms with Crippen LogP contribution in [0.25, 0.3) is 11.3 Å². The van der Waals surface area contributed by atoms with Crippen LogP contribution in [0.2, 0.25) is 0 Å². The molecule has 2 N–H and O–H groups in total. The van der Waals surface area contributed by atoms with Crippen molar-refractivity contribution in [1.82, 2.24) is 10.5 Å². The summed E-state index contributed by atoms with van der Waals surface area (Å²) in [5, 5.41) is 16.0. The molecule has 0 aliphatic heterocycles. The molecule has 0 saturated carbocycles. The van der Waals surface area contributed by atoms with Crippen molar-refractivity contribution in [3.05, 3.63) is 71.7 Å². The van der Waals surface area contributed by atoms with Crippen molar-refractivity contribution in [2.45, 2.75) is 6.54 Å². The van der Waals surface area contributed by atoms with Crippen LogP contribution >= 0.6 is 0 Å². The van der Waals surface area contributed by atoms with Gasteiger partial charge in [0.1, 0.15) is 17.3 Å². The van der Waals surface area contributed by atoms with Gasteiger partial charge in [0.2, 0.25) is 5.76 Å². The number of phenolic OH excluding ortho intramolecular Hbond substituents is 1. The molecule has 0 spiro atoms. The Labute approximate surface area is 131 Å². The molecule has 0 saturated heterocycles. The number of aromatic nitrogens is 1. The minimum absolute atomic E-state index is 0.0136. The van der Waals surface area contributed by atoms with E-state index in [1.165, 1.54) is 24.3 Å². The molecule has 3 rings (SSSR count). The van der Waals surface area contributed by atoms with E-state index in [1.54, 1.807) is 30.3 Å². The third kappa shape index (κ3) is 3.37. The summed E-state index contributed by atoms with van der Waals surface area (Å²) in [4.78, 5) is 12.0. The van der Waals surface area contributed by atoms with Gasteiger partial charge < -0.3 is 14.9 Å². The van der Waals surface area contributed by atoms with Crippen molar-refractivity contribution in [2.75, 3.05) is 0 Å². The molecule has 0 aliphatic carbocycles. The van der Waals surface area contributed by atoms with Gasteiger partial charge >= 0.3 is 0 Å². The van der Waals surface area contributed by atoms with Crippen molar-refractivity contribution < 1.29 is 18.8 Å². The van der Waals surface area contributed by atoms with Crippen LogP contribution in [0.1, 0.15) is 16.1 Å². The van der Waals surface area contributed by atoms with E-state index in [0.717, 1.165) is 0 Å². The molecule has 1 heterocycles. The Hall–Kier alpha value is -3.15. The SMILES string of the molecule is O=C(NCc1ccccc1O)c1cc(-c2cccc(F)c2)no1. The summed E-state index contributed by atoms with van der Waals surface area (Å²) in [6, 6.07) is 14.0. The standard InChI is InChI=1S/C17H13FN2O3/c18-13-6-3-5-11(8-13)14-9-16(23-20-14)17(22)19-10-12-4-1-2-7-15(12)21/h1-9,21H,10H2,(H,19,22). The van der Waals surface area contributed by atoms with Crippen molar-refractivity contribution in [3.63, 3.8) is 0 Å². The summed E-state index contributed by atoms with van der Waals surface area (Å²) in [7, 11) is 0. The van der Waals surface area contributed by atoms with Gasteiger partial charge in [-0.2, -0.15) is 0 Å². The second kappa shape index (κ2) is 6.31. The van der Waals surface area contributed by atoms with Gasteiger partial charge in [0.05, 0.1) is 0 Å². The highest BCUT2D eigenvalue weighted by atomic mass is 19.1. The molecule has 0 radical (unpaired) electrons. The molecule has 0 aliphatic rings. The molecule has 23 heavy (non-hydrogen) atoms. The molecule has 5 nitrogen and oxygen atoms in total. The summed E-state index contributed by atoms with van der Waals surface area (Å²) < 4.78 is 18.2. The van der Waals surface area contributed by atoms with Gasteiger partial charge in [-0.3, -0.25) is 4.79 Å². The molecule has 3 aromatic rings. The quantitative estimate of drug-likeness (QED) is 0.776. The van der Waals surface area contributed by atoms with Gasteiger partial charge in [0.25, 0.3) is 5.91 Å². The predicted molar refractivity (Wildman–Crippen MR) is 81.2 cm³/mol. The van der Waals surface area contributed by atoms with Gasteiger partial charge in [-0.15, -0.1) is 0 Å². The average molecular weight is 312 g/mol. The van der Waals surface area contributed by atoms with Gasteiger partial charge in [-0.1, -0.05) is 35.5 Å². The van der Waals surface area contributed by atoms with E-state index in [1.807, 2.05) is 0 Å². The number of carbonyl (C=O) groups is 1. The molecule has 2 aromatic carbocycles. The number of phenols is 1. The monoisotopic (exact) mass is 312 g/mol. The summed E-state index contributed by atoms with van der Waals surface area (Å²) in [6.45, 7) is 0.154. The third-order valence-corrected chi connectivity index (χ3v) is 3.29. The van der Waals surface area contributed by atoms with Crippen LogP contribution < -0.4 is 5.32 Å². The highest BCUT2D eigenvalue weighted by Crippen LogP contribution is 2.20. The van der Waals surface area contributed by atoms with E-state index in [4.69, 9.17) is 4.52 Å². The van der Waals surface area contributed by atoms with Crippen LogP contribution in [-0.2, 0) is 6.54 Å². The van der Waals surface area contributed by atoms with E-state index in [2.05, 4.69) is 10.5 Å². The summed E-state index contributed by atoms with van der Waals surface area (Å²) >= 11 is 0. The number of halogens is 1. The Morgan fingerprint density at radius 1 is 1.17 bits per heavy atom. The largest absolute Gasteiger partial charge is 0.508 e. The number of rotatable bonds is 4. The highest BCUT2D eigenvalue weighted by Gasteiger charge is 2.14. The number of hydrogen-bond acceptors (Lipinski definition) is 4. The maximum atomic E-state index is 13.2. The first-order valence-corrected chi connectivity index (χ1v) is 6.91. The van der Waals surface area contributed by atoms with E-state index < -0.39 is 11.7 Å². The number of aromatic hydroxyl groups is 1. The van der Waals surface area contributed by atoms with Crippen LogP contribution in [0.4, 0.5) is 4.39 Å². The second-order valence-electron chi connectivity index (χ2n) is 4.90. The number of benzene rings is 2. The first-order valence-electron chi connectivity index (χ1n) is 6.91. The van der Waals surface area contributed by atoms with E-state index in [0.29, 0.717) is 16.8 Å². The minimum Gasteiger partial charge on any atom is -0.508 e. The zero-order valence-corrected chi connectivity index (χ0v) is 12.0. The van der Waals surface area contributed by atoms with Gasteiger partial charge in [0, 0.05) is 23.7 Å². The molecular weight excluding hydrogens is 299 g/mol. The Morgan fingerprint density at radius 3 is 2.78 bits per heavy atom. The van der Waals surface area contributed by atoms with Crippen molar-refractivity contribution in [1.29, 1.82) is 0 Å². The Kier molecular flexibility index (Phi) is 4.05. The Morgan fingerprint density at radius 2 is 2.00 bits per heavy atom. The fourth-order valence-corrected chi connectivity index (χ4v) is 2.09. The van der Waals surface area contributed by atoms with Crippen LogP contribution in [0.5, 0.6) is 5.75 Å². The molecule has 1 aromatic heterocycles. The lowest BCUT2D eigenvalue weighted by atomic mass is 10.1. The maximum absolute atomic E-state index is 13.2. The third-order valence-electron chi connectivity index (χ3n) is 3.29. The smallest absolute Gasteiger partial charge is 0.290 e. The summed E-state index contributed by atoms with van der Waals surface area (Å²) in [5.74, 6) is -0.745. The normalized spacial score (nSPS) is 10.5. The first-order chi connectivity index (χ1) is 11.1. The number of nitrogens with one attached hydrogen (secondary N) is 1. The lowest BCUT2D eigenvalue weighted by Crippen LogP contribution is -2.22. The molecular formula is C17H13FN2O3. The fraction of sp³-hybridized carbons (Fsp3) is 0.0588. The highest BCUT2D eigenvalue weighted by molar-refractivity contribution is 5.92. The predicted octanol–water partition coefficient (Wildman–Crippen LogP) is 3.12. The Bertz CT molecular complexity index is 845. The van der Waals surface area contributed by atoms with Crippen molar-refractivity contribution in [3.8, 4) is 17.0 Å². The number of nitrogens with zero attached hydrogens (tertiary/aromatic N) is 1. The van der Waals surface area contributed by atoms with Gasteiger partial charge in [0.15, 0.2) is 0 Å². The number of amides is 1. The molecule has 0 bridgehead atoms. The lowest BCUT2D eigenvalue weighted by molar-refractivity contribution is 0.0914. The molecule has 0 atom stereocenters. The molecule has 116 valence electrons. The Balaban J connectivity index is 1.70. The van der Waals surface area contributed by atoms with E-state index in [-0.39, 0.29) is 18.1 Å². The summed E-state index contributed by atoms with van der Waals surface area (Å²) in [5.41, 5.74) is 1.48. The molecule has 1 amide bonds. The van der Waals surface area contributed by atoms with Crippen LogP contribution in [0, 0.1) is 5.82 Å². The lowest BCUT2D eigenvalue weighted by Gasteiger charge is -2.04. The van der Waals surface area contributed by atoms with Crippen LogP contribution in [-0.4, -0.2) is 16.2 Å². The topological polar surface area (TPSA) is 75.4 Å². The maximum Gasteiger partial charge on any atom is 0.290 e. The van der Waals surface area contributed by atoms with Gasteiger partial charge in [-0.05, 0) is 18.2 Å². The fourth-order valence-electron chi connectivity index (χ4n) is 2.09. The molecule has 0 unspecified atom stereocenters. The number of para-hydroxylation sites is 1. The first kappa shape index (κ1) is 14.8. The van der Waals surface area contributed by atoms with E-state index in [9.17, 15) is 14.3 Å². The van der Waals surface area contributed by atoms with Crippen molar-refractivity contribution in [2.24, 2.45) is 0 Å². The van der Waals surface area contributed by atoms with E-state index >= 15 is 0 Å². The zero-order valence-electron chi connectivity index (χ0n) is 12.0. The average Bonchev–Trinajstić information content (AvgIpc) is 3.04. The van der Waals surface area contributed by atoms with Crippen LogP contribution in [0.3, 0.4) is 0 Å². The second-order valence-corrected chi connectivity index (χ2v) is 4.90. The summed E-state index contributed by atoms with van der Waals surface area (Å²) in [6.07, 6.45) is 0.